The summed E-state index contributed by atoms with van der Waals surface area (Å²) in [5.41, 5.74) is -0.0663. The van der Waals surface area contributed by atoms with Crippen LogP contribution in [-0.2, 0) is 4.79 Å². The monoisotopic (exact) mass is 166 g/mol. The van der Waals surface area contributed by atoms with Crippen molar-refractivity contribution >= 4 is 5.78 Å². The molecular weight excluding hydrogens is 148 g/mol. The summed E-state index contributed by atoms with van der Waals surface area (Å²) in [6, 6.07) is 0. The Hall–Kier alpha value is -0.770. The summed E-state index contributed by atoms with van der Waals surface area (Å²) in [6.45, 7) is 9.93. The molecule has 0 bridgehead atoms. The van der Waals surface area contributed by atoms with E-state index < -0.39 is 0 Å². The van der Waals surface area contributed by atoms with Crippen LogP contribution in [0.15, 0.2) is 0 Å². The van der Waals surface area contributed by atoms with E-state index in [9.17, 15) is 4.79 Å². The number of carbonyl (C=O) groups excluding carboxylic acids is 1. The minimum Gasteiger partial charge on any atom is -0.285 e. The molecule has 0 heterocycles. The van der Waals surface area contributed by atoms with E-state index in [1.807, 2.05) is 34.6 Å². The van der Waals surface area contributed by atoms with Crippen molar-refractivity contribution in [1.29, 1.82) is 0 Å². The highest BCUT2D eigenvalue weighted by Crippen LogP contribution is 2.10. The average Bonchev–Trinajstić information content (AvgIpc) is 1.97. The Bertz CT molecular complexity index is 209. The Kier molecular flexibility index (Phi) is 4.03. The van der Waals surface area contributed by atoms with Crippen LogP contribution in [0.3, 0.4) is 0 Å². The zero-order valence-corrected chi connectivity index (χ0v) is 8.69. The van der Waals surface area contributed by atoms with Gasteiger partial charge in [-0.2, -0.15) is 0 Å². The normalized spacial score (nSPS) is 13.1. The van der Waals surface area contributed by atoms with E-state index >= 15 is 0 Å². The topological polar surface area (TPSA) is 17.1 Å². The molecule has 0 aliphatic rings. The Morgan fingerprint density at radius 1 is 1.42 bits per heavy atom. The molecule has 0 unspecified atom stereocenters. The highest BCUT2D eigenvalue weighted by atomic mass is 16.1. The van der Waals surface area contributed by atoms with Crippen LogP contribution >= 0.6 is 0 Å². The van der Waals surface area contributed by atoms with Crippen molar-refractivity contribution < 1.29 is 4.79 Å². The number of carbonyl (C=O) groups is 1. The van der Waals surface area contributed by atoms with E-state index in [-0.39, 0.29) is 17.1 Å². The standard InChI is InChI=1S/C11H18O/c1-6-9(2)10(12)7-8-11(3,4)5/h9H,6H2,1-5H3/t9-/m0/s1. The molecule has 0 radical (unpaired) electrons. The van der Waals surface area contributed by atoms with Gasteiger partial charge in [-0.1, -0.05) is 19.8 Å². The first-order chi connectivity index (χ1) is 5.37. The van der Waals surface area contributed by atoms with Crippen molar-refractivity contribution in [3.63, 3.8) is 0 Å². The summed E-state index contributed by atoms with van der Waals surface area (Å²) in [4.78, 5) is 11.2. The molecule has 12 heavy (non-hydrogen) atoms. The maximum atomic E-state index is 11.2. The van der Waals surface area contributed by atoms with Crippen LogP contribution in [-0.4, -0.2) is 5.78 Å². The van der Waals surface area contributed by atoms with Crippen LogP contribution in [0.25, 0.3) is 0 Å². The highest BCUT2D eigenvalue weighted by Gasteiger charge is 2.09. The lowest BCUT2D eigenvalue weighted by atomic mass is 9.96. The van der Waals surface area contributed by atoms with Crippen molar-refractivity contribution in [2.75, 3.05) is 0 Å². The fourth-order valence-electron chi connectivity index (χ4n) is 0.558. The van der Waals surface area contributed by atoms with Crippen LogP contribution < -0.4 is 0 Å². The molecule has 0 aromatic heterocycles. The minimum absolute atomic E-state index is 0.0624. The first-order valence-electron chi connectivity index (χ1n) is 4.44. The molecule has 0 spiro atoms. The molecule has 1 nitrogen and oxygen atoms in total. The first kappa shape index (κ1) is 11.2. The number of hydrogen-bond acceptors (Lipinski definition) is 1. The quantitative estimate of drug-likeness (QED) is 0.455. The second kappa shape index (κ2) is 4.30. The van der Waals surface area contributed by atoms with Crippen LogP contribution in [0, 0.1) is 23.2 Å². The molecule has 1 atom stereocenters. The summed E-state index contributed by atoms with van der Waals surface area (Å²) in [5, 5.41) is 0. The van der Waals surface area contributed by atoms with Gasteiger partial charge in [0.25, 0.3) is 0 Å². The molecule has 0 aromatic rings. The van der Waals surface area contributed by atoms with Gasteiger partial charge in [0.2, 0.25) is 5.78 Å². The van der Waals surface area contributed by atoms with Gasteiger partial charge in [0.05, 0.1) is 0 Å². The molecular formula is C11H18O. The number of rotatable bonds is 2. The molecule has 0 aliphatic carbocycles. The van der Waals surface area contributed by atoms with E-state index in [1.54, 1.807) is 0 Å². The van der Waals surface area contributed by atoms with Crippen LogP contribution in [0.2, 0.25) is 0 Å². The summed E-state index contributed by atoms with van der Waals surface area (Å²) in [5.74, 6) is 5.77. The van der Waals surface area contributed by atoms with Gasteiger partial charge in [-0.25, -0.2) is 0 Å². The van der Waals surface area contributed by atoms with Crippen LogP contribution in [0.4, 0.5) is 0 Å². The Morgan fingerprint density at radius 2 is 1.92 bits per heavy atom. The third-order valence-corrected chi connectivity index (χ3v) is 1.62. The van der Waals surface area contributed by atoms with E-state index in [4.69, 9.17) is 0 Å². The van der Waals surface area contributed by atoms with Gasteiger partial charge in [-0.05, 0) is 33.1 Å². The van der Waals surface area contributed by atoms with Crippen molar-refractivity contribution in [3.8, 4) is 11.8 Å². The third-order valence-electron chi connectivity index (χ3n) is 1.62. The predicted octanol–water partition coefficient (Wildman–Crippen LogP) is 2.65. The maximum absolute atomic E-state index is 11.2. The molecule has 0 amide bonds. The van der Waals surface area contributed by atoms with E-state index in [1.165, 1.54) is 0 Å². The lowest BCUT2D eigenvalue weighted by Crippen LogP contribution is -2.08. The fourth-order valence-corrected chi connectivity index (χ4v) is 0.558. The minimum atomic E-state index is -0.0663. The Labute approximate surface area is 75.5 Å². The molecule has 68 valence electrons. The number of hydrogen-bond donors (Lipinski definition) is 0. The maximum Gasteiger partial charge on any atom is 0.208 e. The third kappa shape index (κ3) is 4.96. The van der Waals surface area contributed by atoms with Gasteiger partial charge in [-0.15, -0.1) is 0 Å². The van der Waals surface area contributed by atoms with Crippen LogP contribution in [0.1, 0.15) is 41.0 Å². The van der Waals surface area contributed by atoms with Gasteiger partial charge in [-0.3, -0.25) is 4.79 Å². The molecule has 0 saturated carbocycles. The molecule has 0 aromatic carbocycles. The van der Waals surface area contributed by atoms with Crippen molar-refractivity contribution in [2.45, 2.75) is 41.0 Å². The van der Waals surface area contributed by atoms with Crippen molar-refractivity contribution in [1.82, 2.24) is 0 Å². The molecule has 0 saturated heterocycles. The number of Topliss-reactive ketones (excluding diaryl/α,β-unsaturated/α-hetero) is 1. The second-order valence-corrected chi connectivity index (χ2v) is 4.17. The first-order valence-corrected chi connectivity index (χ1v) is 4.44. The molecule has 1 heteroatoms. The van der Waals surface area contributed by atoms with Crippen molar-refractivity contribution in [3.05, 3.63) is 0 Å². The lowest BCUT2D eigenvalue weighted by Gasteiger charge is -2.07. The second-order valence-electron chi connectivity index (χ2n) is 4.17. The Morgan fingerprint density at radius 3 is 2.25 bits per heavy atom. The van der Waals surface area contributed by atoms with Crippen molar-refractivity contribution in [2.24, 2.45) is 11.3 Å². The van der Waals surface area contributed by atoms with Gasteiger partial charge >= 0.3 is 0 Å². The average molecular weight is 166 g/mol. The Balaban J connectivity index is 4.23. The zero-order valence-electron chi connectivity index (χ0n) is 8.69. The van der Waals surface area contributed by atoms with Gasteiger partial charge < -0.3 is 0 Å². The molecule has 0 rings (SSSR count). The van der Waals surface area contributed by atoms with Gasteiger partial charge in [0, 0.05) is 11.3 Å². The lowest BCUT2D eigenvalue weighted by molar-refractivity contribution is -0.116. The molecule has 0 aliphatic heterocycles. The smallest absolute Gasteiger partial charge is 0.208 e. The summed E-state index contributed by atoms with van der Waals surface area (Å²) >= 11 is 0. The molecule has 0 N–H and O–H groups in total. The SMILES string of the molecule is CC[C@H](C)C(=O)C#CC(C)(C)C. The molecule has 0 fully saturated rings. The summed E-state index contributed by atoms with van der Waals surface area (Å²) in [7, 11) is 0. The summed E-state index contributed by atoms with van der Waals surface area (Å²) in [6.07, 6.45) is 0.873. The fraction of sp³-hybridized carbons (Fsp3) is 0.727. The van der Waals surface area contributed by atoms with E-state index in [0.717, 1.165) is 6.42 Å². The van der Waals surface area contributed by atoms with Gasteiger partial charge in [0.15, 0.2) is 0 Å². The van der Waals surface area contributed by atoms with Crippen LogP contribution in [0.5, 0.6) is 0 Å². The predicted molar refractivity (Wildman–Crippen MR) is 51.7 cm³/mol. The number of ketones is 1. The van der Waals surface area contributed by atoms with E-state index in [0.29, 0.717) is 0 Å². The highest BCUT2D eigenvalue weighted by molar-refractivity contribution is 5.97. The van der Waals surface area contributed by atoms with E-state index in [2.05, 4.69) is 11.8 Å². The largest absolute Gasteiger partial charge is 0.285 e. The van der Waals surface area contributed by atoms with Gasteiger partial charge in [0.1, 0.15) is 0 Å². The summed E-state index contributed by atoms with van der Waals surface area (Å²) < 4.78 is 0. The zero-order chi connectivity index (χ0) is 9.78.